The number of carbonyl (C=O) groups is 1. The predicted molar refractivity (Wildman–Crippen MR) is 97.4 cm³/mol. The van der Waals surface area contributed by atoms with Crippen molar-refractivity contribution >= 4 is 27.5 Å². The van der Waals surface area contributed by atoms with Gasteiger partial charge in [0.05, 0.1) is 15.9 Å². The molecule has 3 aromatic rings. The van der Waals surface area contributed by atoms with E-state index < -0.39 is 0 Å². The van der Waals surface area contributed by atoms with Crippen LogP contribution in [0.5, 0.6) is 0 Å². The molecule has 5 nitrogen and oxygen atoms in total. The van der Waals surface area contributed by atoms with Crippen LogP contribution in [-0.4, -0.2) is 20.3 Å². The Hall–Kier alpha value is -2.21. The molecular weight excluding hydrogens is 320 g/mol. The molecule has 2 heterocycles. The van der Waals surface area contributed by atoms with Gasteiger partial charge < -0.3 is 4.57 Å². The van der Waals surface area contributed by atoms with Crippen LogP contribution in [0.15, 0.2) is 29.3 Å². The topological polar surface area (TPSA) is 52.2 Å². The summed E-state index contributed by atoms with van der Waals surface area (Å²) >= 11 is 1.54. The van der Waals surface area contributed by atoms with Gasteiger partial charge in [0.2, 0.25) is 0 Å². The molecule has 0 saturated heterocycles. The lowest BCUT2D eigenvalue weighted by atomic mass is 10.1. The van der Waals surface area contributed by atoms with Crippen LogP contribution in [0.1, 0.15) is 48.6 Å². The van der Waals surface area contributed by atoms with Gasteiger partial charge in [-0.15, -0.1) is 0 Å². The van der Waals surface area contributed by atoms with Gasteiger partial charge in [-0.05, 0) is 44.9 Å². The minimum absolute atomic E-state index is 0.121. The van der Waals surface area contributed by atoms with E-state index in [1.807, 2.05) is 32.4 Å². The Labute approximate surface area is 145 Å². The second-order valence-electron chi connectivity index (χ2n) is 6.19. The fraction of sp³-hybridized carbons (Fsp3) is 0.389. The molecule has 0 spiro atoms. The smallest absolute Gasteiger partial charge is 0.297 e. The minimum atomic E-state index is -0.246. The van der Waals surface area contributed by atoms with Crippen LogP contribution in [0.2, 0.25) is 0 Å². The number of aryl methyl sites for hydroxylation is 3. The van der Waals surface area contributed by atoms with Crippen LogP contribution in [0.25, 0.3) is 10.2 Å². The van der Waals surface area contributed by atoms with Crippen LogP contribution < -0.4 is 4.80 Å². The first-order chi connectivity index (χ1) is 11.4. The molecule has 6 heteroatoms. The zero-order chi connectivity index (χ0) is 17.4. The lowest BCUT2D eigenvalue weighted by Gasteiger charge is -2.07. The third-order valence-electron chi connectivity index (χ3n) is 4.05. The summed E-state index contributed by atoms with van der Waals surface area (Å²) in [5.74, 6) is -0.246. The average Bonchev–Trinajstić information content (AvgIpc) is 3.08. The SMILES string of the molecule is CCc1cccc2sc(=NC(=O)c3cc(C)nn3C(C)C)n(C)c12. The van der Waals surface area contributed by atoms with E-state index in [0.29, 0.717) is 10.5 Å². The number of thiazole rings is 1. The van der Waals surface area contributed by atoms with E-state index in [1.54, 1.807) is 22.1 Å². The van der Waals surface area contributed by atoms with E-state index in [-0.39, 0.29) is 11.9 Å². The molecule has 0 fully saturated rings. The molecule has 1 amide bonds. The van der Waals surface area contributed by atoms with Crippen molar-refractivity contribution < 1.29 is 4.79 Å². The summed E-state index contributed by atoms with van der Waals surface area (Å²) in [5.41, 5.74) is 3.79. The highest BCUT2D eigenvalue weighted by atomic mass is 32.1. The van der Waals surface area contributed by atoms with E-state index in [0.717, 1.165) is 22.3 Å². The summed E-state index contributed by atoms with van der Waals surface area (Å²) in [5, 5.41) is 4.40. The van der Waals surface area contributed by atoms with E-state index in [9.17, 15) is 4.79 Å². The first kappa shape index (κ1) is 16.6. The zero-order valence-corrected chi connectivity index (χ0v) is 15.5. The van der Waals surface area contributed by atoms with Crippen molar-refractivity contribution in [3.8, 4) is 0 Å². The first-order valence-electron chi connectivity index (χ1n) is 8.15. The Kier molecular flexibility index (Phi) is 4.41. The highest BCUT2D eigenvalue weighted by Crippen LogP contribution is 2.21. The third-order valence-corrected chi connectivity index (χ3v) is 5.15. The van der Waals surface area contributed by atoms with E-state index in [4.69, 9.17) is 0 Å². The van der Waals surface area contributed by atoms with Crippen LogP contribution in [0.3, 0.4) is 0 Å². The molecule has 1 aromatic carbocycles. The molecule has 24 heavy (non-hydrogen) atoms. The van der Waals surface area contributed by atoms with Gasteiger partial charge in [-0.25, -0.2) is 0 Å². The Morgan fingerprint density at radius 2 is 2.12 bits per heavy atom. The Bertz CT molecular complexity index is 975. The first-order valence-corrected chi connectivity index (χ1v) is 8.96. The molecule has 0 N–H and O–H groups in total. The summed E-state index contributed by atoms with van der Waals surface area (Å²) < 4.78 is 4.91. The number of para-hydroxylation sites is 1. The highest BCUT2D eigenvalue weighted by Gasteiger charge is 2.16. The third kappa shape index (κ3) is 2.82. The van der Waals surface area contributed by atoms with Crippen molar-refractivity contribution in [1.29, 1.82) is 0 Å². The molecule has 0 aliphatic rings. The maximum Gasteiger partial charge on any atom is 0.297 e. The number of hydrogen-bond donors (Lipinski definition) is 0. The number of fused-ring (bicyclic) bond motifs is 1. The predicted octanol–water partition coefficient (Wildman–Crippen LogP) is 3.63. The molecule has 0 bridgehead atoms. The van der Waals surface area contributed by atoms with Gasteiger partial charge in [-0.1, -0.05) is 30.4 Å². The van der Waals surface area contributed by atoms with Crippen molar-refractivity contribution in [1.82, 2.24) is 14.3 Å². The average molecular weight is 342 g/mol. The van der Waals surface area contributed by atoms with Gasteiger partial charge in [0.1, 0.15) is 5.69 Å². The summed E-state index contributed by atoms with van der Waals surface area (Å²) in [7, 11) is 1.97. The second-order valence-corrected chi connectivity index (χ2v) is 7.20. The van der Waals surface area contributed by atoms with Crippen LogP contribution in [0, 0.1) is 6.92 Å². The molecule has 126 valence electrons. The number of benzene rings is 1. The molecule has 0 radical (unpaired) electrons. The fourth-order valence-electron chi connectivity index (χ4n) is 2.89. The highest BCUT2D eigenvalue weighted by molar-refractivity contribution is 7.16. The molecular formula is C18H22N4OS. The van der Waals surface area contributed by atoms with Crippen molar-refractivity contribution in [3.05, 3.63) is 46.0 Å². The number of aromatic nitrogens is 3. The zero-order valence-electron chi connectivity index (χ0n) is 14.7. The van der Waals surface area contributed by atoms with Crippen LogP contribution >= 0.6 is 11.3 Å². The van der Waals surface area contributed by atoms with Crippen molar-refractivity contribution in [2.45, 2.75) is 40.2 Å². The van der Waals surface area contributed by atoms with Gasteiger partial charge in [0.15, 0.2) is 4.80 Å². The quantitative estimate of drug-likeness (QED) is 0.730. The second kappa shape index (κ2) is 6.36. The van der Waals surface area contributed by atoms with Gasteiger partial charge in [0, 0.05) is 13.1 Å². The molecule has 0 saturated carbocycles. The largest absolute Gasteiger partial charge is 0.319 e. The number of rotatable bonds is 3. The summed E-state index contributed by atoms with van der Waals surface area (Å²) in [6.07, 6.45) is 0.953. The van der Waals surface area contributed by atoms with E-state index in [1.165, 1.54) is 5.56 Å². The van der Waals surface area contributed by atoms with Crippen LogP contribution in [-0.2, 0) is 13.5 Å². The molecule has 0 aliphatic heterocycles. The maximum atomic E-state index is 12.7. The molecule has 0 unspecified atom stereocenters. The van der Waals surface area contributed by atoms with Crippen molar-refractivity contribution in [2.75, 3.05) is 0 Å². The van der Waals surface area contributed by atoms with Gasteiger partial charge >= 0.3 is 0 Å². The van der Waals surface area contributed by atoms with E-state index in [2.05, 4.69) is 35.2 Å². The number of hydrogen-bond acceptors (Lipinski definition) is 3. The monoisotopic (exact) mass is 342 g/mol. The molecule has 2 aromatic heterocycles. The maximum absolute atomic E-state index is 12.7. The summed E-state index contributed by atoms with van der Waals surface area (Å²) in [4.78, 5) is 17.8. The fourth-order valence-corrected chi connectivity index (χ4v) is 3.96. The van der Waals surface area contributed by atoms with E-state index >= 15 is 0 Å². The van der Waals surface area contributed by atoms with Crippen molar-refractivity contribution in [2.24, 2.45) is 12.0 Å². The van der Waals surface area contributed by atoms with Crippen LogP contribution in [0.4, 0.5) is 0 Å². The lowest BCUT2D eigenvalue weighted by Crippen LogP contribution is -2.17. The number of nitrogens with zero attached hydrogens (tertiary/aromatic N) is 4. The standard InChI is InChI=1S/C18H22N4OS/c1-6-13-8-7-9-15-16(13)21(5)18(24-15)19-17(23)14-10-12(4)20-22(14)11(2)3/h7-11H,6H2,1-5H3. The Morgan fingerprint density at radius 3 is 2.79 bits per heavy atom. The van der Waals surface area contributed by atoms with Crippen molar-refractivity contribution in [3.63, 3.8) is 0 Å². The normalized spacial score (nSPS) is 12.5. The molecule has 3 rings (SSSR count). The Balaban J connectivity index is 2.14. The Morgan fingerprint density at radius 1 is 1.38 bits per heavy atom. The number of carbonyl (C=O) groups excluding carboxylic acids is 1. The van der Waals surface area contributed by atoms with Gasteiger partial charge in [-0.3, -0.25) is 9.48 Å². The summed E-state index contributed by atoms with van der Waals surface area (Å²) in [6.45, 7) is 8.05. The molecule has 0 aliphatic carbocycles. The lowest BCUT2D eigenvalue weighted by molar-refractivity contribution is 0.0986. The summed E-state index contributed by atoms with van der Waals surface area (Å²) in [6, 6.07) is 8.18. The van der Waals surface area contributed by atoms with Gasteiger partial charge in [0.25, 0.3) is 5.91 Å². The molecule has 0 atom stereocenters. The van der Waals surface area contributed by atoms with Gasteiger partial charge in [-0.2, -0.15) is 10.1 Å². The number of amides is 1. The minimum Gasteiger partial charge on any atom is -0.319 e.